The quantitative estimate of drug-likeness (QED) is 0.195. The summed E-state index contributed by atoms with van der Waals surface area (Å²) in [5.74, 6) is 0.735. The van der Waals surface area contributed by atoms with E-state index in [1.807, 2.05) is 78.9 Å². The molecule has 39 heavy (non-hydrogen) atoms. The second-order valence-electron chi connectivity index (χ2n) is 8.90. The Kier molecular flexibility index (Phi) is 10.0. The standard InChI is InChI=1S/C33H31NO5/c1-2-26-13-9-10-16-32(26)38-24-29(35)21-27(23-37-22-25-11-5-3-6-12-25)33(36)34-28-17-19-31(20-18-28)39-30-14-7-4-8-15-30/h2-20,27H,1,21-24H2,(H,34,36). The number of ether oxygens (including phenoxy) is 3. The maximum absolute atomic E-state index is 13.2. The molecule has 0 aliphatic rings. The highest BCUT2D eigenvalue weighted by Gasteiger charge is 2.23. The van der Waals surface area contributed by atoms with Crippen LogP contribution in [0, 0.1) is 5.92 Å². The lowest BCUT2D eigenvalue weighted by Crippen LogP contribution is -2.30. The molecule has 1 unspecified atom stereocenters. The highest BCUT2D eigenvalue weighted by molar-refractivity contribution is 5.95. The van der Waals surface area contributed by atoms with Gasteiger partial charge in [-0.05, 0) is 48.0 Å². The molecule has 0 bridgehead atoms. The molecule has 1 atom stereocenters. The lowest BCUT2D eigenvalue weighted by Gasteiger charge is -2.17. The first-order valence-electron chi connectivity index (χ1n) is 12.7. The van der Waals surface area contributed by atoms with E-state index in [0.717, 1.165) is 16.9 Å². The van der Waals surface area contributed by atoms with Crippen molar-refractivity contribution < 1.29 is 23.8 Å². The Bertz CT molecular complexity index is 1350. The molecule has 6 heteroatoms. The van der Waals surface area contributed by atoms with E-state index in [4.69, 9.17) is 14.2 Å². The molecule has 0 fully saturated rings. The van der Waals surface area contributed by atoms with Gasteiger partial charge in [0.25, 0.3) is 0 Å². The Morgan fingerprint density at radius 1 is 0.795 bits per heavy atom. The fourth-order valence-corrected chi connectivity index (χ4v) is 3.87. The smallest absolute Gasteiger partial charge is 0.230 e. The number of carbonyl (C=O) groups is 2. The van der Waals surface area contributed by atoms with E-state index in [-0.39, 0.29) is 31.3 Å². The lowest BCUT2D eigenvalue weighted by molar-refractivity contribution is -0.129. The zero-order valence-electron chi connectivity index (χ0n) is 21.6. The molecular formula is C33H31NO5. The van der Waals surface area contributed by atoms with Gasteiger partial charge in [0.2, 0.25) is 5.91 Å². The van der Waals surface area contributed by atoms with Crippen LogP contribution in [-0.4, -0.2) is 24.9 Å². The molecule has 0 heterocycles. The zero-order valence-corrected chi connectivity index (χ0v) is 21.6. The SMILES string of the molecule is C=Cc1ccccc1OCC(=O)CC(COCc1ccccc1)C(=O)Nc1ccc(Oc2ccccc2)cc1. The van der Waals surface area contributed by atoms with Crippen molar-refractivity contribution in [3.8, 4) is 17.2 Å². The van der Waals surface area contributed by atoms with Gasteiger partial charge >= 0.3 is 0 Å². The number of hydrogen-bond acceptors (Lipinski definition) is 5. The van der Waals surface area contributed by atoms with Crippen molar-refractivity contribution in [1.82, 2.24) is 0 Å². The third kappa shape index (κ3) is 8.69. The van der Waals surface area contributed by atoms with Gasteiger partial charge in [-0.25, -0.2) is 0 Å². The highest BCUT2D eigenvalue weighted by Crippen LogP contribution is 2.23. The van der Waals surface area contributed by atoms with Gasteiger partial charge in [0.1, 0.15) is 23.9 Å². The molecule has 1 amide bonds. The first-order valence-corrected chi connectivity index (χ1v) is 12.7. The Morgan fingerprint density at radius 3 is 2.15 bits per heavy atom. The van der Waals surface area contributed by atoms with Gasteiger partial charge in [0.15, 0.2) is 5.78 Å². The van der Waals surface area contributed by atoms with E-state index in [9.17, 15) is 9.59 Å². The normalized spacial score (nSPS) is 11.3. The van der Waals surface area contributed by atoms with Crippen LogP contribution >= 0.6 is 0 Å². The maximum Gasteiger partial charge on any atom is 0.230 e. The molecule has 1 N–H and O–H groups in total. The topological polar surface area (TPSA) is 73.9 Å². The van der Waals surface area contributed by atoms with Gasteiger partial charge in [0, 0.05) is 17.7 Å². The summed E-state index contributed by atoms with van der Waals surface area (Å²) in [5, 5.41) is 2.90. The minimum Gasteiger partial charge on any atom is -0.485 e. The Balaban J connectivity index is 1.37. The number of benzene rings is 4. The van der Waals surface area contributed by atoms with Gasteiger partial charge < -0.3 is 19.5 Å². The number of ketones is 1. The first kappa shape index (κ1) is 27.4. The minimum absolute atomic E-state index is 0.0217. The summed E-state index contributed by atoms with van der Waals surface area (Å²) in [5.41, 5.74) is 2.38. The lowest BCUT2D eigenvalue weighted by atomic mass is 10.0. The molecule has 4 aromatic carbocycles. The largest absolute Gasteiger partial charge is 0.485 e. The number of amides is 1. The minimum atomic E-state index is -0.695. The highest BCUT2D eigenvalue weighted by atomic mass is 16.5. The van der Waals surface area contributed by atoms with Crippen LogP contribution in [0.5, 0.6) is 17.2 Å². The van der Waals surface area contributed by atoms with Gasteiger partial charge in [-0.15, -0.1) is 0 Å². The van der Waals surface area contributed by atoms with E-state index in [1.165, 1.54) is 0 Å². The Hall–Kier alpha value is -4.68. The van der Waals surface area contributed by atoms with Crippen LogP contribution in [0.3, 0.4) is 0 Å². The van der Waals surface area contributed by atoms with Gasteiger partial charge in [0.05, 0.1) is 19.1 Å². The van der Waals surface area contributed by atoms with Crippen LogP contribution in [0.4, 0.5) is 5.69 Å². The molecule has 0 radical (unpaired) electrons. The summed E-state index contributed by atoms with van der Waals surface area (Å²) in [6.45, 7) is 4.05. The molecule has 0 aliphatic heterocycles. The molecule has 0 saturated carbocycles. The van der Waals surface area contributed by atoms with Crippen molar-refractivity contribution in [2.75, 3.05) is 18.5 Å². The van der Waals surface area contributed by atoms with Crippen LogP contribution in [0.15, 0.2) is 116 Å². The fourth-order valence-electron chi connectivity index (χ4n) is 3.87. The number of anilines is 1. The number of nitrogens with one attached hydrogen (secondary N) is 1. The monoisotopic (exact) mass is 521 g/mol. The molecule has 4 aromatic rings. The Morgan fingerprint density at radius 2 is 1.44 bits per heavy atom. The molecule has 0 spiro atoms. The van der Waals surface area contributed by atoms with Crippen LogP contribution in [0.2, 0.25) is 0 Å². The van der Waals surface area contributed by atoms with Gasteiger partial charge in [-0.2, -0.15) is 0 Å². The number of Topliss-reactive ketones (excluding diaryl/α,β-unsaturated/α-hetero) is 1. The molecule has 0 aromatic heterocycles. The number of carbonyl (C=O) groups excluding carboxylic acids is 2. The van der Waals surface area contributed by atoms with Crippen LogP contribution in [-0.2, 0) is 20.9 Å². The molecule has 0 aliphatic carbocycles. The number of para-hydroxylation sites is 2. The second-order valence-corrected chi connectivity index (χ2v) is 8.90. The first-order chi connectivity index (χ1) is 19.1. The summed E-state index contributed by atoms with van der Waals surface area (Å²) >= 11 is 0. The van der Waals surface area contributed by atoms with Crippen LogP contribution < -0.4 is 14.8 Å². The summed E-state index contributed by atoms with van der Waals surface area (Å²) < 4.78 is 17.4. The molecule has 0 saturated heterocycles. The van der Waals surface area contributed by atoms with E-state index < -0.39 is 5.92 Å². The van der Waals surface area contributed by atoms with Crippen molar-refractivity contribution in [2.45, 2.75) is 13.0 Å². The van der Waals surface area contributed by atoms with Crippen molar-refractivity contribution in [3.63, 3.8) is 0 Å². The number of hydrogen-bond donors (Lipinski definition) is 1. The molecule has 198 valence electrons. The van der Waals surface area contributed by atoms with Crippen LogP contribution in [0.25, 0.3) is 6.08 Å². The second kappa shape index (κ2) is 14.3. The van der Waals surface area contributed by atoms with Crippen molar-refractivity contribution in [2.24, 2.45) is 5.92 Å². The predicted octanol–water partition coefficient (Wildman–Crippen LogP) is 6.93. The van der Waals surface area contributed by atoms with Crippen molar-refractivity contribution in [3.05, 3.63) is 127 Å². The molecule has 6 nitrogen and oxygen atoms in total. The third-order valence-electron chi connectivity index (χ3n) is 5.90. The fraction of sp³-hybridized carbons (Fsp3) is 0.152. The summed E-state index contributed by atoms with van der Waals surface area (Å²) in [6.07, 6.45) is 1.65. The Labute approximate surface area is 228 Å². The summed E-state index contributed by atoms with van der Waals surface area (Å²) in [6, 6.07) is 33.5. The maximum atomic E-state index is 13.2. The summed E-state index contributed by atoms with van der Waals surface area (Å²) in [4.78, 5) is 26.0. The van der Waals surface area contributed by atoms with Crippen LogP contribution in [0.1, 0.15) is 17.5 Å². The van der Waals surface area contributed by atoms with E-state index in [2.05, 4.69) is 11.9 Å². The molecule has 4 rings (SSSR count). The third-order valence-corrected chi connectivity index (χ3v) is 5.90. The molecular weight excluding hydrogens is 490 g/mol. The average Bonchev–Trinajstić information content (AvgIpc) is 2.98. The number of rotatable bonds is 14. The van der Waals surface area contributed by atoms with Gasteiger partial charge in [-0.3, -0.25) is 9.59 Å². The van der Waals surface area contributed by atoms with Crippen molar-refractivity contribution >= 4 is 23.5 Å². The average molecular weight is 522 g/mol. The van der Waals surface area contributed by atoms with E-state index >= 15 is 0 Å². The van der Waals surface area contributed by atoms with Gasteiger partial charge in [-0.1, -0.05) is 79.4 Å². The summed E-state index contributed by atoms with van der Waals surface area (Å²) in [7, 11) is 0. The van der Waals surface area contributed by atoms with E-state index in [0.29, 0.717) is 23.8 Å². The van der Waals surface area contributed by atoms with Crippen molar-refractivity contribution in [1.29, 1.82) is 0 Å². The predicted molar refractivity (Wildman–Crippen MR) is 153 cm³/mol. The van der Waals surface area contributed by atoms with E-state index in [1.54, 1.807) is 36.4 Å². The zero-order chi connectivity index (χ0) is 27.3.